The second-order valence-electron chi connectivity index (χ2n) is 5.76. The van der Waals surface area contributed by atoms with Crippen LogP contribution in [0.25, 0.3) is 0 Å². The maximum atomic E-state index is 3.64. The third kappa shape index (κ3) is 2.27. The Hall–Kier alpha value is 0.440. The number of hydrogen-bond donors (Lipinski definition) is 0. The molecule has 1 saturated carbocycles. The first kappa shape index (κ1) is 9.97. The summed E-state index contributed by atoms with van der Waals surface area (Å²) >= 11 is 3.64. The van der Waals surface area contributed by atoms with Crippen molar-refractivity contribution in [3.63, 3.8) is 0 Å². The van der Waals surface area contributed by atoms with Crippen LogP contribution < -0.4 is 0 Å². The van der Waals surface area contributed by atoms with E-state index in [2.05, 4.69) is 34.7 Å². The summed E-state index contributed by atoms with van der Waals surface area (Å²) in [5, 5.41) is 1.21. The molecule has 1 aliphatic carbocycles. The second kappa shape index (κ2) is 3.23. The van der Waals surface area contributed by atoms with Crippen LogP contribution in [0.3, 0.4) is 0 Å². The van der Waals surface area contributed by atoms with Crippen LogP contribution in [0.5, 0.6) is 0 Å². The molecule has 0 aromatic rings. The van der Waals surface area contributed by atoms with Gasteiger partial charge < -0.3 is 4.90 Å². The van der Waals surface area contributed by atoms with Gasteiger partial charge in [-0.15, -0.1) is 0 Å². The predicted octanol–water partition coefficient (Wildman–Crippen LogP) is 2.89. The quantitative estimate of drug-likeness (QED) is 0.692. The van der Waals surface area contributed by atoms with Gasteiger partial charge in [0, 0.05) is 18.4 Å². The van der Waals surface area contributed by atoms with E-state index in [1.807, 2.05) is 0 Å². The van der Waals surface area contributed by atoms with Gasteiger partial charge >= 0.3 is 0 Å². The molecule has 2 rings (SSSR count). The lowest BCUT2D eigenvalue weighted by Gasteiger charge is -2.23. The van der Waals surface area contributed by atoms with Gasteiger partial charge in [0.15, 0.2) is 0 Å². The van der Waals surface area contributed by atoms with Gasteiger partial charge in [0.05, 0.1) is 0 Å². The standard InChI is InChI=1S/C11H20BrN/c1-10(2)5-6-13(8-10)9-11(7-12)3-4-11/h3-9H2,1-2H3. The summed E-state index contributed by atoms with van der Waals surface area (Å²) in [5.74, 6) is 0. The van der Waals surface area contributed by atoms with Crippen molar-refractivity contribution in [1.29, 1.82) is 0 Å². The Morgan fingerprint density at radius 1 is 1.23 bits per heavy atom. The van der Waals surface area contributed by atoms with E-state index in [-0.39, 0.29) is 0 Å². The van der Waals surface area contributed by atoms with Crippen LogP contribution in [-0.2, 0) is 0 Å². The van der Waals surface area contributed by atoms with Crippen molar-refractivity contribution < 1.29 is 0 Å². The maximum absolute atomic E-state index is 3.64. The fourth-order valence-electron chi connectivity index (χ4n) is 2.34. The zero-order valence-electron chi connectivity index (χ0n) is 8.77. The fourth-order valence-corrected chi connectivity index (χ4v) is 3.08. The van der Waals surface area contributed by atoms with Gasteiger partial charge in [0.1, 0.15) is 0 Å². The van der Waals surface area contributed by atoms with E-state index >= 15 is 0 Å². The van der Waals surface area contributed by atoms with Crippen LogP contribution in [0, 0.1) is 10.8 Å². The normalized spacial score (nSPS) is 30.7. The molecule has 1 heterocycles. The van der Waals surface area contributed by atoms with Crippen LogP contribution in [0.4, 0.5) is 0 Å². The Morgan fingerprint density at radius 2 is 1.92 bits per heavy atom. The minimum Gasteiger partial charge on any atom is -0.302 e. The van der Waals surface area contributed by atoms with Crippen molar-refractivity contribution in [3.05, 3.63) is 0 Å². The summed E-state index contributed by atoms with van der Waals surface area (Å²) in [6.07, 6.45) is 4.26. The largest absolute Gasteiger partial charge is 0.302 e. The Labute approximate surface area is 90.0 Å². The zero-order valence-corrected chi connectivity index (χ0v) is 10.4. The van der Waals surface area contributed by atoms with Crippen LogP contribution >= 0.6 is 15.9 Å². The number of nitrogens with zero attached hydrogens (tertiary/aromatic N) is 1. The molecule has 13 heavy (non-hydrogen) atoms. The summed E-state index contributed by atoms with van der Waals surface area (Å²) in [6, 6.07) is 0. The van der Waals surface area contributed by atoms with Crippen molar-refractivity contribution in [3.8, 4) is 0 Å². The lowest BCUT2D eigenvalue weighted by Crippen LogP contribution is -2.30. The average molecular weight is 246 g/mol. The second-order valence-corrected chi connectivity index (χ2v) is 6.32. The third-order valence-electron chi connectivity index (χ3n) is 3.56. The monoisotopic (exact) mass is 245 g/mol. The summed E-state index contributed by atoms with van der Waals surface area (Å²) in [5.41, 5.74) is 1.24. The van der Waals surface area contributed by atoms with E-state index in [4.69, 9.17) is 0 Å². The Kier molecular flexibility index (Phi) is 2.48. The molecule has 0 bridgehead atoms. The van der Waals surface area contributed by atoms with Gasteiger partial charge in [-0.3, -0.25) is 0 Å². The van der Waals surface area contributed by atoms with Crippen LogP contribution in [0.2, 0.25) is 0 Å². The van der Waals surface area contributed by atoms with Crippen molar-refractivity contribution in [2.24, 2.45) is 10.8 Å². The molecule has 0 aromatic carbocycles. The molecule has 2 heteroatoms. The highest BCUT2D eigenvalue weighted by Crippen LogP contribution is 2.48. The molecule has 0 unspecified atom stereocenters. The Morgan fingerprint density at radius 3 is 2.31 bits per heavy atom. The summed E-state index contributed by atoms with van der Waals surface area (Å²) in [7, 11) is 0. The molecule has 0 N–H and O–H groups in total. The topological polar surface area (TPSA) is 3.24 Å². The molecule has 2 fully saturated rings. The lowest BCUT2D eigenvalue weighted by molar-refractivity contribution is 0.250. The van der Waals surface area contributed by atoms with E-state index in [0.29, 0.717) is 10.8 Å². The Bertz CT molecular complexity index is 196. The van der Waals surface area contributed by atoms with Crippen molar-refractivity contribution in [2.45, 2.75) is 33.1 Å². The average Bonchev–Trinajstić information content (AvgIpc) is 2.74. The van der Waals surface area contributed by atoms with E-state index in [0.717, 1.165) is 0 Å². The highest BCUT2D eigenvalue weighted by atomic mass is 79.9. The molecule has 0 spiro atoms. The molecule has 2 aliphatic rings. The lowest BCUT2D eigenvalue weighted by atomic mass is 9.93. The maximum Gasteiger partial charge on any atom is 0.0100 e. The van der Waals surface area contributed by atoms with Crippen LogP contribution in [-0.4, -0.2) is 29.9 Å². The number of alkyl halides is 1. The summed E-state index contributed by atoms with van der Waals surface area (Å²) in [6.45, 7) is 8.74. The number of hydrogen-bond acceptors (Lipinski definition) is 1. The Balaban J connectivity index is 1.84. The van der Waals surface area contributed by atoms with E-state index < -0.39 is 0 Å². The highest BCUT2D eigenvalue weighted by Gasteiger charge is 2.44. The molecule has 1 aliphatic heterocycles. The minimum absolute atomic E-state index is 0.572. The van der Waals surface area contributed by atoms with E-state index in [9.17, 15) is 0 Å². The molecular weight excluding hydrogens is 226 g/mol. The van der Waals surface area contributed by atoms with Gasteiger partial charge in [-0.1, -0.05) is 29.8 Å². The molecule has 0 radical (unpaired) electrons. The summed E-state index contributed by atoms with van der Waals surface area (Å²) < 4.78 is 0. The molecule has 1 nitrogen and oxygen atoms in total. The van der Waals surface area contributed by atoms with E-state index in [1.54, 1.807) is 0 Å². The fraction of sp³-hybridized carbons (Fsp3) is 1.00. The molecule has 76 valence electrons. The smallest absolute Gasteiger partial charge is 0.0100 e. The SMILES string of the molecule is CC1(C)CCN(CC2(CBr)CC2)C1. The van der Waals surface area contributed by atoms with Crippen LogP contribution in [0.15, 0.2) is 0 Å². The minimum atomic E-state index is 0.572. The number of likely N-dealkylation sites (tertiary alicyclic amines) is 1. The van der Waals surface area contributed by atoms with E-state index in [1.165, 1.54) is 44.2 Å². The predicted molar refractivity (Wildman–Crippen MR) is 60.3 cm³/mol. The highest BCUT2D eigenvalue weighted by molar-refractivity contribution is 9.09. The summed E-state index contributed by atoms with van der Waals surface area (Å²) in [4.78, 5) is 2.66. The first-order chi connectivity index (χ1) is 6.05. The first-order valence-electron chi connectivity index (χ1n) is 5.34. The molecular formula is C11H20BrN. The first-order valence-corrected chi connectivity index (χ1v) is 6.46. The van der Waals surface area contributed by atoms with Crippen molar-refractivity contribution in [1.82, 2.24) is 4.90 Å². The number of halogens is 1. The van der Waals surface area contributed by atoms with Gasteiger partial charge in [0.2, 0.25) is 0 Å². The van der Waals surface area contributed by atoms with Gasteiger partial charge in [-0.25, -0.2) is 0 Å². The van der Waals surface area contributed by atoms with Crippen LogP contribution in [0.1, 0.15) is 33.1 Å². The van der Waals surface area contributed by atoms with Gasteiger partial charge in [0.25, 0.3) is 0 Å². The zero-order chi connectivity index (χ0) is 9.53. The van der Waals surface area contributed by atoms with Crippen molar-refractivity contribution >= 4 is 15.9 Å². The van der Waals surface area contributed by atoms with Gasteiger partial charge in [-0.05, 0) is 36.6 Å². The molecule has 0 aromatic heterocycles. The van der Waals surface area contributed by atoms with Gasteiger partial charge in [-0.2, -0.15) is 0 Å². The van der Waals surface area contributed by atoms with Crippen molar-refractivity contribution in [2.75, 3.05) is 25.0 Å². The molecule has 0 amide bonds. The molecule has 1 saturated heterocycles. The molecule has 0 atom stereocenters. The third-order valence-corrected chi connectivity index (χ3v) is 4.75. The number of rotatable bonds is 3.